The van der Waals surface area contributed by atoms with Gasteiger partial charge in [0, 0.05) is 29.9 Å². The summed E-state index contributed by atoms with van der Waals surface area (Å²) < 4.78 is 0. The Kier molecular flexibility index (Phi) is 6.33. The van der Waals surface area contributed by atoms with E-state index in [1.54, 1.807) is 6.20 Å². The molecule has 2 amide bonds. The number of hydrogen-bond acceptors (Lipinski definition) is 7. The Bertz CT molecular complexity index is 1080. The number of fused-ring (bicyclic) bond motifs is 2. The number of hydrogen-bond donors (Lipinski definition) is 3. The molecule has 1 aliphatic carbocycles. The topological polar surface area (TPSA) is 107 Å². The van der Waals surface area contributed by atoms with E-state index in [2.05, 4.69) is 34.4 Å². The van der Waals surface area contributed by atoms with Gasteiger partial charge < -0.3 is 20.6 Å². The van der Waals surface area contributed by atoms with Crippen LogP contribution in [0.3, 0.4) is 0 Å². The third kappa shape index (κ3) is 4.31. The molecule has 8 nitrogen and oxygen atoms in total. The van der Waals surface area contributed by atoms with Crippen LogP contribution in [0.1, 0.15) is 84.6 Å². The quantitative estimate of drug-likeness (QED) is 0.578. The molecule has 2 aromatic heterocycles. The van der Waals surface area contributed by atoms with E-state index in [4.69, 9.17) is 0 Å². The van der Waals surface area contributed by atoms with E-state index in [-0.39, 0.29) is 41.0 Å². The van der Waals surface area contributed by atoms with Crippen LogP contribution in [0.5, 0.6) is 0 Å². The smallest absolute Gasteiger partial charge is 0.280 e. The largest absolute Gasteiger partial charge is 0.391 e. The minimum atomic E-state index is -0.530. The van der Waals surface area contributed by atoms with Crippen LogP contribution in [-0.2, 0) is 0 Å². The van der Waals surface area contributed by atoms with E-state index in [9.17, 15) is 14.7 Å². The molecule has 2 aliphatic heterocycles. The molecule has 182 valence electrons. The lowest BCUT2D eigenvalue weighted by molar-refractivity contribution is 0.0725. The van der Waals surface area contributed by atoms with Crippen molar-refractivity contribution < 1.29 is 14.7 Å². The number of nitrogens with one attached hydrogen (secondary N) is 2. The fourth-order valence-corrected chi connectivity index (χ4v) is 6.65. The highest BCUT2D eigenvalue weighted by Crippen LogP contribution is 2.41. The maximum absolute atomic E-state index is 13.7. The van der Waals surface area contributed by atoms with Gasteiger partial charge in [0.2, 0.25) is 0 Å². The first-order valence-corrected chi connectivity index (χ1v) is 13.2. The zero-order valence-electron chi connectivity index (χ0n) is 20.0. The standard InChI is InChI=1S/C25H33N5O3S/c1-13(2)27-20-11-14(3)17(12-26-20)22-21(25(33)30-15-7-8-16(30)10-9-15)29-24(34-22)23(32)28-18-5-4-6-19(18)31/h11-13,15-16,18-19,31H,4-10H2,1-3H3,(H,26,27)(H,28,32)/t15?,16?,18?,19-/m1/s1. The van der Waals surface area contributed by atoms with Gasteiger partial charge in [-0.25, -0.2) is 9.97 Å². The second kappa shape index (κ2) is 9.26. The lowest BCUT2D eigenvalue weighted by atomic mass is 10.0. The molecule has 2 saturated heterocycles. The van der Waals surface area contributed by atoms with Gasteiger partial charge in [-0.2, -0.15) is 0 Å². The molecule has 34 heavy (non-hydrogen) atoms. The first-order valence-electron chi connectivity index (χ1n) is 12.4. The van der Waals surface area contributed by atoms with E-state index in [1.807, 2.05) is 17.9 Å². The summed E-state index contributed by atoms with van der Waals surface area (Å²) in [6.45, 7) is 6.10. The number of aromatic nitrogens is 2. The van der Waals surface area contributed by atoms with Crippen LogP contribution in [-0.4, -0.2) is 62.1 Å². The summed E-state index contributed by atoms with van der Waals surface area (Å²) >= 11 is 1.24. The van der Waals surface area contributed by atoms with E-state index >= 15 is 0 Å². The van der Waals surface area contributed by atoms with Gasteiger partial charge >= 0.3 is 0 Å². The van der Waals surface area contributed by atoms with Crippen molar-refractivity contribution in [3.05, 3.63) is 28.5 Å². The van der Waals surface area contributed by atoms with Crippen LogP contribution in [0.4, 0.5) is 5.82 Å². The summed E-state index contributed by atoms with van der Waals surface area (Å²) in [6, 6.07) is 2.50. The molecular formula is C25H33N5O3S. The Morgan fingerprint density at radius 3 is 2.44 bits per heavy atom. The minimum absolute atomic E-state index is 0.0833. The second-order valence-electron chi connectivity index (χ2n) is 10.1. The van der Waals surface area contributed by atoms with Gasteiger partial charge in [-0.1, -0.05) is 0 Å². The molecule has 2 bridgehead atoms. The zero-order valence-corrected chi connectivity index (χ0v) is 20.8. The van der Waals surface area contributed by atoms with Crippen LogP contribution < -0.4 is 10.6 Å². The van der Waals surface area contributed by atoms with E-state index in [1.165, 1.54) is 11.3 Å². The van der Waals surface area contributed by atoms with Crippen molar-refractivity contribution >= 4 is 29.0 Å². The summed E-state index contributed by atoms with van der Waals surface area (Å²) in [6.07, 6.45) is 7.73. The third-order valence-corrected chi connectivity index (χ3v) is 8.39. The normalized spacial score (nSPS) is 25.9. The van der Waals surface area contributed by atoms with Crippen molar-refractivity contribution in [3.8, 4) is 10.4 Å². The number of aliphatic hydroxyl groups is 1. The molecule has 0 spiro atoms. The summed E-state index contributed by atoms with van der Waals surface area (Å²) in [5, 5.41) is 16.6. The molecule has 0 radical (unpaired) electrons. The Labute approximate surface area is 204 Å². The number of pyridine rings is 1. The van der Waals surface area contributed by atoms with E-state index in [0.29, 0.717) is 17.0 Å². The van der Waals surface area contributed by atoms with Gasteiger partial charge in [-0.15, -0.1) is 11.3 Å². The fourth-order valence-electron chi connectivity index (χ4n) is 5.62. The number of aryl methyl sites for hydroxylation is 1. The molecule has 2 atom stereocenters. The number of thiazole rings is 1. The molecule has 1 unspecified atom stereocenters. The van der Waals surface area contributed by atoms with Gasteiger partial charge in [-0.05, 0) is 77.3 Å². The van der Waals surface area contributed by atoms with Crippen molar-refractivity contribution in [2.24, 2.45) is 0 Å². The molecule has 3 aliphatic rings. The number of rotatable bonds is 6. The lowest BCUT2D eigenvalue weighted by Crippen LogP contribution is -2.40. The maximum Gasteiger partial charge on any atom is 0.280 e. The minimum Gasteiger partial charge on any atom is -0.391 e. The monoisotopic (exact) mass is 483 g/mol. The summed E-state index contributed by atoms with van der Waals surface area (Å²) in [5.74, 6) is 0.365. The first kappa shape index (κ1) is 23.2. The van der Waals surface area contributed by atoms with Crippen molar-refractivity contribution in [3.63, 3.8) is 0 Å². The Hall–Kier alpha value is -2.52. The molecule has 9 heteroatoms. The summed E-state index contributed by atoms with van der Waals surface area (Å²) in [4.78, 5) is 38.6. The average molecular weight is 484 g/mol. The molecule has 1 saturated carbocycles. The van der Waals surface area contributed by atoms with Gasteiger partial charge in [0.25, 0.3) is 11.8 Å². The molecule has 4 heterocycles. The van der Waals surface area contributed by atoms with Gasteiger partial charge in [0.05, 0.1) is 17.0 Å². The summed E-state index contributed by atoms with van der Waals surface area (Å²) in [7, 11) is 0. The lowest BCUT2D eigenvalue weighted by Gasteiger charge is -2.21. The highest BCUT2D eigenvalue weighted by Gasteiger charge is 2.44. The van der Waals surface area contributed by atoms with Crippen molar-refractivity contribution in [1.82, 2.24) is 20.2 Å². The number of amides is 2. The van der Waals surface area contributed by atoms with E-state index in [0.717, 1.165) is 55.5 Å². The fraction of sp³-hybridized carbons (Fsp3) is 0.600. The molecule has 5 rings (SSSR count). The molecule has 2 aromatic rings. The second-order valence-corrected chi connectivity index (χ2v) is 11.1. The zero-order chi connectivity index (χ0) is 24.0. The molecule has 3 fully saturated rings. The van der Waals surface area contributed by atoms with Crippen LogP contribution in [0.2, 0.25) is 0 Å². The average Bonchev–Trinajstić information content (AvgIpc) is 3.57. The Balaban J connectivity index is 1.50. The van der Waals surface area contributed by atoms with Gasteiger partial charge in [0.1, 0.15) is 11.5 Å². The van der Waals surface area contributed by atoms with Gasteiger partial charge in [-0.3, -0.25) is 9.59 Å². The maximum atomic E-state index is 13.7. The number of carbonyl (C=O) groups is 2. The first-order chi connectivity index (χ1) is 16.3. The number of anilines is 1. The van der Waals surface area contributed by atoms with Crippen molar-refractivity contribution in [2.45, 2.75) is 96.0 Å². The molecule has 0 aromatic carbocycles. The Morgan fingerprint density at radius 1 is 1.15 bits per heavy atom. The van der Waals surface area contributed by atoms with E-state index < -0.39 is 6.10 Å². The highest BCUT2D eigenvalue weighted by atomic mass is 32.1. The number of aliphatic hydroxyl groups excluding tert-OH is 1. The van der Waals surface area contributed by atoms with Crippen LogP contribution in [0, 0.1) is 6.92 Å². The Morgan fingerprint density at radius 2 is 1.85 bits per heavy atom. The van der Waals surface area contributed by atoms with Crippen LogP contribution in [0.15, 0.2) is 12.3 Å². The number of nitrogens with zero attached hydrogens (tertiary/aromatic N) is 3. The van der Waals surface area contributed by atoms with Crippen LogP contribution in [0.25, 0.3) is 10.4 Å². The third-order valence-electron chi connectivity index (χ3n) is 7.30. The van der Waals surface area contributed by atoms with Crippen molar-refractivity contribution in [1.29, 1.82) is 0 Å². The SMILES string of the molecule is Cc1cc(NC(C)C)ncc1-c1sc(C(=O)NC2CCC[C@H]2O)nc1C(=O)N1C2CCC1CC2. The van der Waals surface area contributed by atoms with Gasteiger partial charge in [0.15, 0.2) is 5.01 Å². The predicted molar refractivity (Wildman–Crippen MR) is 132 cm³/mol. The van der Waals surface area contributed by atoms with Crippen LogP contribution >= 0.6 is 11.3 Å². The summed E-state index contributed by atoms with van der Waals surface area (Å²) in [5.41, 5.74) is 2.13. The molecule has 3 N–H and O–H groups in total. The molecular weight excluding hydrogens is 450 g/mol. The van der Waals surface area contributed by atoms with Crippen molar-refractivity contribution in [2.75, 3.05) is 5.32 Å². The predicted octanol–water partition coefficient (Wildman–Crippen LogP) is 3.74. The number of carbonyl (C=O) groups excluding carboxylic acids is 2. The highest BCUT2D eigenvalue weighted by molar-refractivity contribution is 7.17.